The average molecular weight is 278 g/mol. The Labute approximate surface area is 119 Å². The Morgan fingerprint density at radius 1 is 1.60 bits per heavy atom. The maximum atomic E-state index is 11.2. The van der Waals surface area contributed by atoms with Gasteiger partial charge in [0.2, 0.25) is 0 Å². The fraction of sp³-hybridized carbons (Fsp3) is 0.600. The van der Waals surface area contributed by atoms with Crippen molar-refractivity contribution in [1.29, 1.82) is 0 Å². The lowest BCUT2D eigenvalue weighted by Gasteiger charge is -2.32. The van der Waals surface area contributed by atoms with Crippen molar-refractivity contribution in [3.05, 3.63) is 29.6 Å². The monoisotopic (exact) mass is 278 g/mol. The zero-order valence-electron chi connectivity index (χ0n) is 11.9. The highest BCUT2D eigenvalue weighted by Gasteiger charge is 2.22. The van der Waals surface area contributed by atoms with Crippen molar-refractivity contribution in [2.24, 2.45) is 0 Å². The van der Waals surface area contributed by atoms with Crippen LogP contribution in [0.1, 0.15) is 42.2 Å². The van der Waals surface area contributed by atoms with E-state index in [0.29, 0.717) is 6.54 Å². The summed E-state index contributed by atoms with van der Waals surface area (Å²) in [5.41, 5.74) is 0.931. The Hall–Kier alpha value is -1.46. The Bertz CT molecular complexity index is 450. The summed E-state index contributed by atoms with van der Waals surface area (Å²) in [7, 11) is 0. The van der Waals surface area contributed by atoms with Gasteiger partial charge in [0.15, 0.2) is 5.69 Å². The molecule has 5 heteroatoms. The van der Waals surface area contributed by atoms with E-state index in [1.54, 1.807) is 6.07 Å². The molecule has 1 fully saturated rings. The molecular weight excluding hydrogens is 256 g/mol. The SMILES string of the molecule is CCCOC1CCCN(Cc2cccnc2C(=O)O)C1. The first kappa shape index (κ1) is 14.9. The summed E-state index contributed by atoms with van der Waals surface area (Å²) in [6.07, 6.45) is 5.01. The second kappa shape index (κ2) is 7.36. The molecule has 110 valence electrons. The fourth-order valence-electron chi connectivity index (χ4n) is 2.58. The quantitative estimate of drug-likeness (QED) is 0.864. The first-order chi connectivity index (χ1) is 9.70. The highest BCUT2D eigenvalue weighted by molar-refractivity contribution is 5.86. The van der Waals surface area contributed by atoms with Gasteiger partial charge in [-0.3, -0.25) is 4.90 Å². The number of ether oxygens (including phenoxy) is 1. The van der Waals surface area contributed by atoms with Crippen LogP contribution in [0.4, 0.5) is 0 Å². The molecular formula is C15H22N2O3. The molecule has 5 nitrogen and oxygen atoms in total. The van der Waals surface area contributed by atoms with Gasteiger partial charge < -0.3 is 9.84 Å². The number of carbonyl (C=O) groups is 1. The van der Waals surface area contributed by atoms with Crippen LogP contribution in [0.25, 0.3) is 0 Å². The molecule has 2 heterocycles. The third-order valence-corrected chi connectivity index (χ3v) is 3.51. The minimum atomic E-state index is -0.962. The Kier molecular flexibility index (Phi) is 5.49. The van der Waals surface area contributed by atoms with Crippen LogP contribution >= 0.6 is 0 Å². The van der Waals surface area contributed by atoms with Gasteiger partial charge in [0, 0.05) is 25.9 Å². The van der Waals surface area contributed by atoms with E-state index in [2.05, 4.69) is 16.8 Å². The lowest BCUT2D eigenvalue weighted by atomic mass is 10.1. The average Bonchev–Trinajstić information content (AvgIpc) is 2.46. The molecule has 0 bridgehead atoms. The maximum absolute atomic E-state index is 11.2. The summed E-state index contributed by atoms with van der Waals surface area (Å²) >= 11 is 0. The van der Waals surface area contributed by atoms with Crippen molar-refractivity contribution in [3.8, 4) is 0 Å². The third-order valence-electron chi connectivity index (χ3n) is 3.51. The van der Waals surface area contributed by atoms with Gasteiger partial charge in [-0.05, 0) is 37.4 Å². The number of carboxylic acid groups (broad SMARTS) is 1. The van der Waals surface area contributed by atoms with E-state index in [1.807, 2.05) is 6.07 Å². The highest BCUT2D eigenvalue weighted by atomic mass is 16.5. The zero-order valence-corrected chi connectivity index (χ0v) is 11.9. The highest BCUT2D eigenvalue weighted by Crippen LogP contribution is 2.17. The van der Waals surface area contributed by atoms with Crippen molar-refractivity contribution in [3.63, 3.8) is 0 Å². The molecule has 0 spiro atoms. The predicted molar refractivity (Wildman–Crippen MR) is 75.7 cm³/mol. The molecule has 0 radical (unpaired) electrons. The molecule has 1 unspecified atom stereocenters. The molecule has 0 amide bonds. The molecule has 1 aliphatic rings. The number of rotatable bonds is 6. The standard InChI is InChI=1S/C15H22N2O3/c1-2-9-20-13-6-4-8-17(11-13)10-12-5-3-7-16-14(12)15(18)19/h3,5,7,13H,2,4,6,8-11H2,1H3,(H,18,19). The Morgan fingerprint density at radius 2 is 2.45 bits per heavy atom. The first-order valence-electron chi connectivity index (χ1n) is 7.22. The number of hydrogen-bond donors (Lipinski definition) is 1. The van der Waals surface area contributed by atoms with Gasteiger partial charge >= 0.3 is 5.97 Å². The van der Waals surface area contributed by atoms with E-state index >= 15 is 0 Å². The van der Waals surface area contributed by atoms with E-state index in [-0.39, 0.29) is 11.8 Å². The van der Waals surface area contributed by atoms with Crippen LogP contribution in [-0.2, 0) is 11.3 Å². The molecule has 1 atom stereocenters. The van der Waals surface area contributed by atoms with Crippen LogP contribution in [0.5, 0.6) is 0 Å². The van der Waals surface area contributed by atoms with E-state index in [9.17, 15) is 4.79 Å². The van der Waals surface area contributed by atoms with E-state index in [1.165, 1.54) is 6.20 Å². The first-order valence-corrected chi connectivity index (χ1v) is 7.22. The van der Waals surface area contributed by atoms with Crippen molar-refractivity contribution in [2.45, 2.75) is 38.8 Å². The minimum Gasteiger partial charge on any atom is -0.477 e. The van der Waals surface area contributed by atoms with E-state index < -0.39 is 5.97 Å². The predicted octanol–water partition coefficient (Wildman–Crippen LogP) is 2.17. The third kappa shape index (κ3) is 4.02. The summed E-state index contributed by atoms with van der Waals surface area (Å²) in [6.45, 7) is 5.39. The van der Waals surface area contributed by atoms with Crippen LogP contribution in [-0.4, -0.2) is 46.8 Å². The zero-order chi connectivity index (χ0) is 14.4. The van der Waals surface area contributed by atoms with Crippen LogP contribution < -0.4 is 0 Å². The Balaban J connectivity index is 1.97. The number of likely N-dealkylation sites (tertiary alicyclic amines) is 1. The van der Waals surface area contributed by atoms with Gasteiger partial charge in [-0.15, -0.1) is 0 Å². The van der Waals surface area contributed by atoms with Gasteiger partial charge in [-0.1, -0.05) is 13.0 Å². The number of hydrogen-bond acceptors (Lipinski definition) is 4. The molecule has 1 aliphatic heterocycles. The summed E-state index contributed by atoms with van der Waals surface area (Å²) < 4.78 is 5.80. The van der Waals surface area contributed by atoms with Crippen LogP contribution in [0, 0.1) is 0 Å². The van der Waals surface area contributed by atoms with E-state index in [0.717, 1.165) is 44.5 Å². The normalized spacial score (nSPS) is 19.9. The molecule has 0 aliphatic carbocycles. The largest absolute Gasteiger partial charge is 0.477 e. The number of carboxylic acids is 1. The van der Waals surface area contributed by atoms with Crippen molar-refractivity contribution in [2.75, 3.05) is 19.7 Å². The number of aromatic carboxylic acids is 1. The number of nitrogens with zero attached hydrogens (tertiary/aromatic N) is 2. The number of aromatic nitrogens is 1. The molecule has 0 aromatic carbocycles. The van der Waals surface area contributed by atoms with E-state index in [4.69, 9.17) is 9.84 Å². The smallest absolute Gasteiger partial charge is 0.354 e. The summed E-state index contributed by atoms with van der Waals surface area (Å²) in [6, 6.07) is 3.63. The topological polar surface area (TPSA) is 62.7 Å². The van der Waals surface area contributed by atoms with Gasteiger partial charge in [-0.2, -0.15) is 0 Å². The molecule has 1 aromatic heterocycles. The molecule has 0 saturated carbocycles. The number of pyridine rings is 1. The second-order valence-corrected chi connectivity index (χ2v) is 5.19. The molecule has 1 saturated heterocycles. The lowest BCUT2D eigenvalue weighted by Crippen LogP contribution is -2.39. The van der Waals surface area contributed by atoms with Gasteiger partial charge in [0.05, 0.1) is 6.10 Å². The second-order valence-electron chi connectivity index (χ2n) is 5.19. The van der Waals surface area contributed by atoms with Crippen LogP contribution in [0.3, 0.4) is 0 Å². The van der Waals surface area contributed by atoms with Gasteiger partial charge in [-0.25, -0.2) is 9.78 Å². The number of piperidine rings is 1. The van der Waals surface area contributed by atoms with Gasteiger partial charge in [0.1, 0.15) is 0 Å². The molecule has 1 N–H and O–H groups in total. The summed E-state index contributed by atoms with van der Waals surface area (Å²) in [4.78, 5) is 17.4. The van der Waals surface area contributed by atoms with Crippen molar-refractivity contribution >= 4 is 5.97 Å². The maximum Gasteiger partial charge on any atom is 0.354 e. The minimum absolute atomic E-state index is 0.157. The van der Waals surface area contributed by atoms with Crippen molar-refractivity contribution < 1.29 is 14.6 Å². The molecule has 2 rings (SSSR count). The molecule has 1 aromatic rings. The summed E-state index contributed by atoms with van der Waals surface area (Å²) in [5, 5.41) is 9.16. The molecule has 20 heavy (non-hydrogen) atoms. The fourth-order valence-corrected chi connectivity index (χ4v) is 2.58. The Morgan fingerprint density at radius 3 is 3.20 bits per heavy atom. The van der Waals surface area contributed by atoms with Crippen molar-refractivity contribution in [1.82, 2.24) is 9.88 Å². The van der Waals surface area contributed by atoms with Gasteiger partial charge in [0.25, 0.3) is 0 Å². The lowest BCUT2D eigenvalue weighted by molar-refractivity contribution is -0.00232. The van der Waals surface area contributed by atoms with Crippen LogP contribution in [0.15, 0.2) is 18.3 Å². The summed E-state index contributed by atoms with van der Waals surface area (Å²) in [5.74, 6) is -0.962. The van der Waals surface area contributed by atoms with Crippen LogP contribution in [0.2, 0.25) is 0 Å².